The van der Waals surface area contributed by atoms with E-state index in [1.807, 2.05) is 13.8 Å². The van der Waals surface area contributed by atoms with Gasteiger partial charge in [0.25, 0.3) is 0 Å². The Labute approximate surface area is 140 Å². The van der Waals surface area contributed by atoms with Crippen molar-refractivity contribution in [2.24, 2.45) is 0 Å². The van der Waals surface area contributed by atoms with Crippen molar-refractivity contribution >= 4 is 20.0 Å². The molecule has 0 saturated carbocycles. The van der Waals surface area contributed by atoms with Crippen molar-refractivity contribution in [2.45, 2.75) is 45.1 Å². The third-order valence-corrected chi connectivity index (χ3v) is 6.53. The number of aryl methyl sites for hydroxylation is 2. The van der Waals surface area contributed by atoms with E-state index in [4.69, 9.17) is 0 Å². The predicted octanol–water partition coefficient (Wildman–Crippen LogP) is 1.64. The zero-order valence-corrected chi connectivity index (χ0v) is 16.2. The van der Waals surface area contributed by atoms with E-state index >= 15 is 0 Å². The van der Waals surface area contributed by atoms with E-state index in [1.54, 1.807) is 39.0 Å². The predicted molar refractivity (Wildman–Crippen MR) is 92.4 cm³/mol. The molecule has 0 aliphatic heterocycles. The lowest BCUT2D eigenvalue weighted by Crippen LogP contribution is -2.48. The molecular formula is C15H26N2O4S2. The highest BCUT2D eigenvalue weighted by molar-refractivity contribution is 7.89. The lowest BCUT2D eigenvalue weighted by Gasteiger charge is -2.33. The first-order valence-electron chi connectivity index (χ1n) is 7.30. The first-order valence-corrected chi connectivity index (χ1v) is 10.6. The van der Waals surface area contributed by atoms with Crippen LogP contribution in [0.3, 0.4) is 0 Å². The number of nitrogens with zero attached hydrogens (tertiary/aromatic N) is 1. The molecule has 6 nitrogen and oxygen atoms in total. The number of sulfonamides is 2. The highest BCUT2D eigenvalue weighted by atomic mass is 32.2. The third kappa shape index (κ3) is 5.56. The Morgan fingerprint density at radius 2 is 1.61 bits per heavy atom. The van der Waals surface area contributed by atoms with Crippen LogP contribution in [0.4, 0.5) is 0 Å². The maximum atomic E-state index is 12.3. The second-order valence-corrected chi connectivity index (χ2v) is 10.3. The lowest BCUT2D eigenvalue weighted by atomic mass is 10.1. The molecule has 23 heavy (non-hydrogen) atoms. The fourth-order valence-electron chi connectivity index (χ4n) is 2.24. The van der Waals surface area contributed by atoms with Crippen LogP contribution in [0.1, 0.15) is 31.9 Å². The van der Waals surface area contributed by atoms with Crippen molar-refractivity contribution in [3.63, 3.8) is 0 Å². The molecule has 1 N–H and O–H groups in total. The minimum atomic E-state index is -3.66. The summed E-state index contributed by atoms with van der Waals surface area (Å²) in [5.41, 5.74) is 1.29. The van der Waals surface area contributed by atoms with Crippen LogP contribution in [0.15, 0.2) is 23.1 Å². The van der Waals surface area contributed by atoms with E-state index in [9.17, 15) is 16.8 Å². The molecule has 132 valence electrons. The molecule has 1 aromatic carbocycles. The minimum Gasteiger partial charge on any atom is -0.212 e. The second-order valence-electron chi connectivity index (χ2n) is 6.65. The SMILES string of the molecule is Cc1ccc(S(=O)(=O)NCCN(C(C)(C)C)S(C)(=O)=O)cc1C. The van der Waals surface area contributed by atoms with Crippen LogP contribution in [-0.4, -0.2) is 46.0 Å². The van der Waals surface area contributed by atoms with Crippen molar-refractivity contribution in [2.75, 3.05) is 19.3 Å². The Kier molecular flexibility index (Phi) is 6.01. The highest BCUT2D eigenvalue weighted by Crippen LogP contribution is 2.17. The van der Waals surface area contributed by atoms with E-state index < -0.39 is 25.6 Å². The van der Waals surface area contributed by atoms with Crippen LogP contribution >= 0.6 is 0 Å². The molecule has 0 radical (unpaired) electrons. The van der Waals surface area contributed by atoms with Gasteiger partial charge in [-0.1, -0.05) is 6.07 Å². The largest absolute Gasteiger partial charge is 0.240 e. The number of nitrogens with one attached hydrogen (secondary N) is 1. The molecule has 0 saturated heterocycles. The minimum absolute atomic E-state index is 0.0135. The van der Waals surface area contributed by atoms with Crippen molar-refractivity contribution in [3.05, 3.63) is 29.3 Å². The van der Waals surface area contributed by atoms with Gasteiger partial charge in [0.05, 0.1) is 11.2 Å². The highest BCUT2D eigenvalue weighted by Gasteiger charge is 2.29. The van der Waals surface area contributed by atoms with E-state index in [0.29, 0.717) is 0 Å². The van der Waals surface area contributed by atoms with Gasteiger partial charge in [-0.3, -0.25) is 0 Å². The van der Waals surface area contributed by atoms with Gasteiger partial charge in [-0.05, 0) is 57.9 Å². The van der Waals surface area contributed by atoms with Crippen molar-refractivity contribution in [3.8, 4) is 0 Å². The van der Waals surface area contributed by atoms with Gasteiger partial charge in [0, 0.05) is 18.6 Å². The fourth-order valence-corrected chi connectivity index (χ4v) is 4.77. The van der Waals surface area contributed by atoms with Gasteiger partial charge in [0.15, 0.2) is 0 Å². The van der Waals surface area contributed by atoms with Gasteiger partial charge in [-0.2, -0.15) is 4.31 Å². The first kappa shape index (κ1) is 20.1. The average molecular weight is 363 g/mol. The van der Waals surface area contributed by atoms with Gasteiger partial charge >= 0.3 is 0 Å². The summed E-state index contributed by atoms with van der Waals surface area (Å²) in [5, 5.41) is 0. The van der Waals surface area contributed by atoms with Gasteiger partial charge in [-0.15, -0.1) is 0 Å². The molecule has 0 aliphatic carbocycles. The summed E-state index contributed by atoms with van der Waals surface area (Å²) in [6.07, 6.45) is 1.12. The number of hydrogen-bond donors (Lipinski definition) is 1. The molecular weight excluding hydrogens is 336 g/mol. The maximum Gasteiger partial charge on any atom is 0.240 e. The quantitative estimate of drug-likeness (QED) is 0.834. The molecule has 1 aromatic rings. The number of benzene rings is 1. The average Bonchev–Trinajstić information content (AvgIpc) is 2.34. The number of hydrogen-bond acceptors (Lipinski definition) is 4. The smallest absolute Gasteiger partial charge is 0.212 e. The van der Waals surface area contributed by atoms with E-state index in [2.05, 4.69) is 4.72 Å². The third-order valence-electron chi connectivity index (χ3n) is 3.54. The van der Waals surface area contributed by atoms with E-state index in [-0.39, 0.29) is 18.0 Å². The Hall–Kier alpha value is -0.960. The molecule has 0 aliphatic rings. The van der Waals surface area contributed by atoms with Crippen LogP contribution in [0, 0.1) is 13.8 Å². The standard InChI is InChI=1S/C15H26N2O4S2/c1-12-7-8-14(11-13(12)2)23(20,21)16-9-10-17(15(3,4)5)22(6,18)19/h7-8,11,16H,9-10H2,1-6H3. The summed E-state index contributed by atoms with van der Waals surface area (Å²) in [4.78, 5) is 0.183. The molecule has 0 spiro atoms. The van der Waals surface area contributed by atoms with Crippen LogP contribution in [0.25, 0.3) is 0 Å². The Morgan fingerprint density at radius 1 is 1.04 bits per heavy atom. The molecule has 8 heteroatoms. The van der Waals surface area contributed by atoms with E-state index in [0.717, 1.165) is 17.4 Å². The van der Waals surface area contributed by atoms with Gasteiger partial charge in [0.1, 0.15) is 0 Å². The second kappa shape index (κ2) is 6.88. The molecule has 0 aromatic heterocycles. The summed E-state index contributed by atoms with van der Waals surface area (Å²) in [6, 6.07) is 4.90. The zero-order valence-electron chi connectivity index (χ0n) is 14.5. The van der Waals surface area contributed by atoms with Crippen LogP contribution in [0.5, 0.6) is 0 Å². The van der Waals surface area contributed by atoms with Gasteiger partial charge < -0.3 is 0 Å². The summed E-state index contributed by atoms with van der Waals surface area (Å²) >= 11 is 0. The van der Waals surface area contributed by atoms with Gasteiger partial charge in [-0.25, -0.2) is 21.6 Å². The topological polar surface area (TPSA) is 83.6 Å². The molecule has 0 fully saturated rings. The van der Waals surface area contributed by atoms with Crippen LogP contribution < -0.4 is 4.72 Å². The Bertz CT molecular complexity index is 763. The molecule has 1 rings (SSSR count). The number of rotatable bonds is 6. The Balaban J connectivity index is 2.86. The van der Waals surface area contributed by atoms with Gasteiger partial charge in [0.2, 0.25) is 20.0 Å². The molecule has 0 amide bonds. The molecule has 0 atom stereocenters. The molecule has 0 heterocycles. The summed E-state index contributed by atoms with van der Waals surface area (Å²) in [7, 11) is -7.08. The van der Waals surface area contributed by atoms with Crippen molar-refractivity contribution in [1.82, 2.24) is 9.03 Å². The van der Waals surface area contributed by atoms with E-state index in [1.165, 1.54) is 4.31 Å². The van der Waals surface area contributed by atoms with Crippen LogP contribution in [0.2, 0.25) is 0 Å². The normalized spacial score (nSPS) is 13.5. The van der Waals surface area contributed by atoms with Crippen molar-refractivity contribution in [1.29, 1.82) is 0 Å². The monoisotopic (exact) mass is 362 g/mol. The van der Waals surface area contributed by atoms with Crippen LogP contribution in [-0.2, 0) is 20.0 Å². The summed E-state index contributed by atoms with van der Waals surface area (Å²) in [5.74, 6) is 0. The molecule has 0 unspecified atom stereocenters. The summed E-state index contributed by atoms with van der Waals surface area (Å²) in [6.45, 7) is 9.15. The zero-order chi connectivity index (χ0) is 18.1. The summed E-state index contributed by atoms with van der Waals surface area (Å²) < 4.78 is 52.0. The maximum absolute atomic E-state index is 12.3. The molecule has 0 bridgehead atoms. The fraction of sp³-hybridized carbons (Fsp3) is 0.600. The Morgan fingerprint density at radius 3 is 2.04 bits per heavy atom. The lowest BCUT2D eigenvalue weighted by molar-refractivity contribution is 0.254. The first-order chi connectivity index (χ1) is 10.2. The van der Waals surface area contributed by atoms with Crippen molar-refractivity contribution < 1.29 is 16.8 Å².